The smallest absolute Gasteiger partial charge is 0.288 e. The van der Waals surface area contributed by atoms with E-state index in [1.807, 2.05) is 0 Å². The molecule has 0 aliphatic heterocycles. The molecule has 0 unspecified atom stereocenters. The molecule has 1 N–H and O–H groups in total. The molecule has 8 heteroatoms. The molecule has 1 aromatic rings. The van der Waals surface area contributed by atoms with E-state index in [2.05, 4.69) is 5.32 Å². The summed E-state index contributed by atoms with van der Waals surface area (Å²) in [4.78, 5) is 22.9. The maximum atomic E-state index is 12.8. The Morgan fingerprint density at radius 1 is 1.15 bits per heavy atom. The topological polar surface area (TPSA) is 106 Å². The lowest BCUT2D eigenvalue weighted by Gasteiger charge is -2.56. The number of hydrogen-bond acceptors (Lipinski definition) is 5. The van der Waals surface area contributed by atoms with Crippen molar-refractivity contribution in [3.8, 4) is 0 Å². The quantitative estimate of drug-likeness (QED) is 0.640. The summed E-state index contributed by atoms with van der Waals surface area (Å²) >= 11 is 0. The van der Waals surface area contributed by atoms with E-state index in [0.29, 0.717) is 17.8 Å². The zero-order valence-electron chi connectivity index (χ0n) is 14.6. The monoisotopic (exact) mass is 378 g/mol. The SMILES string of the molecule is CS(=O)(=O)c1ccc(C(=O)NC23CC4CC(CC(C4)C2)C3)cc1[N+](=O)[O-]. The summed E-state index contributed by atoms with van der Waals surface area (Å²) < 4.78 is 23.5. The highest BCUT2D eigenvalue weighted by Gasteiger charge is 2.51. The second kappa shape index (κ2) is 5.77. The number of nitro groups is 1. The average Bonchev–Trinajstić information content (AvgIpc) is 2.51. The van der Waals surface area contributed by atoms with Crippen molar-refractivity contribution in [1.29, 1.82) is 0 Å². The van der Waals surface area contributed by atoms with Crippen LogP contribution in [0.1, 0.15) is 48.9 Å². The number of carbonyl (C=O) groups is 1. The molecular formula is C18H22N2O5S. The minimum Gasteiger partial charge on any atom is -0.347 e. The summed E-state index contributed by atoms with van der Waals surface area (Å²) in [6.45, 7) is 0. The molecule has 4 bridgehead atoms. The van der Waals surface area contributed by atoms with E-state index < -0.39 is 20.4 Å². The maximum absolute atomic E-state index is 12.8. The Balaban J connectivity index is 1.61. The Labute approximate surface area is 152 Å². The van der Waals surface area contributed by atoms with Crippen molar-refractivity contribution in [3.63, 3.8) is 0 Å². The summed E-state index contributed by atoms with van der Waals surface area (Å²) in [5, 5.41) is 14.4. The molecule has 0 heterocycles. The van der Waals surface area contributed by atoms with Crippen LogP contribution in [0.3, 0.4) is 0 Å². The minimum absolute atomic E-state index is 0.139. The summed E-state index contributed by atoms with van der Waals surface area (Å²) in [6, 6.07) is 3.59. The van der Waals surface area contributed by atoms with E-state index in [1.54, 1.807) is 0 Å². The Hall–Kier alpha value is -1.96. The number of nitro benzene ring substituents is 1. The molecule has 5 rings (SSSR count). The Kier molecular flexibility index (Phi) is 3.87. The van der Waals surface area contributed by atoms with Crippen molar-refractivity contribution in [2.75, 3.05) is 6.26 Å². The van der Waals surface area contributed by atoms with Gasteiger partial charge >= 0.3 is 0 Å². The summed E-state index contributed by atoms with van der Waals surface area (Å²) in [5.74, 6) is 1.66. The third-order valence-electron chi connectivity index (χ3n) is 6.23. The van der Waals surface area contributed by atoms with Crippen LogP contribution in [0.4, 0.5) is 5.69 Å². The van der Waals surface area contributed by atoms with Gasteiger partial charge in [0.25, 0.3) is 11.6 Å². The Morgan fingerprint density at radius 3 is 2.15 bits per heavy atom. The fraction of sp³-hybridized carbons (Fsp3) is 0.611. The van der Waals surface area contributed by atoms with Gasteiger partial charge in [-0.25, -0.2) is 8.42 Å². The number of rotatable bonds is 4. The van der Waals surface area contributed by atoms with Gasteiger partial charge in [0.1, 0.15) is 4.90 Å². The van der Waals surface area contributed by atoms with Gasteiger partial charge in [-0.1, -0.05) is 0 Å². The van der Waals surface area contributed by atoms with Crippen molar-refractivity contribution in [3.05, 3.63) is 33.9 Å². The largest absolute Gasteiger partial charge is 0.347 e. The molecule has 140 valence electrons. The first-order valence-corrected chi connectivity index (χ1v) is 10.9. The van der Waals surface area contributed by atoms with Crippen molar-refractivity contribution < 1.29 is 18.1 Å². The number of sulfone groups is 1. The van der Waals surface area contributed by atoms with Gasteiger partial charge in [0, 0.05) is 23.4 Å². The third kappa shape index (κ3) is 3.00. The van der Waals surface area contributed by atoms with Crippen LogP contribution in [0.5, 0.6) is 0 Å². The summed E-state index contributed by atoms with van der Waals surface area (Å²) in [5.41, 5.74) is -0.610. The van der Waals surface area contributed by atoms with Gasteiger partial charge in [-0.2, -0.15) is 0 Å². The van der Waals surface area contributed by atoms with Crippen molar-refractivity contribution in [2.45, 2.75) is 49.0 Å². The summed E-state index contributed by atoms with van der Waals surface area (Å²) in [7, 11) is -3.74. The van der Waals surface area contributed by atoms with Crippen molar-refractivity contribution in [2.24, 2.45) is 17.8 Å². The molecule has 0 saturated heterocycles. The van der Waals surface area contributed by atoms with Crippen LogP contribution in [0.25, 0.3) is 0 Å². The molecule has 26 heavy (non-hydrogen) atoms. The highest BCUT2D eigenvalue weighted by molar-refractivity contribution is 7.90. The van der Waals surface area contributed by atoms with Gasteiger partial charge in [-0.05, 0) is 68.4 Å². The molecule has 4 saturated carbocycles. The highest BCUT2D eigenvalue weighted by Crippen LogP contribution is 2.55. The maximum Gasteiger partial charge on any atom is 0.288 e. The zero-order chi connectivity index (χ0) is 18.7. The Morgan fingerprint density at radius 2 is 1.69 bits per heavy atom. The fourth-order valence-corrected chi connectivity index (χ4v) is 6.52. The van der Waals surface area contributed by atoms with Gasteiger partial charge in [-0.15, -0.1) is 0 Å². The predicted molar refractivity (Wildman–Crippen MR) is 94.6 cm³/mol. The van der Waals surface area contributed by atoms with Crippen LogP contribution in [0, 0.1) is 27.9 Å². The number of carbonyl (C=O) groups excluding carboxylic acids is 1. The van der Waals surface area contributed by atoms with Gasteiger partial charge < -0.3 is 5.32 Å². The zero-order valence-corrected chi connectivity index (χ0v) is 15.4. The van der Waals surface area contributed by atoms with E-state index in [-0.39, 0.29) is 21.9 Å². The van der Waals surface area contributed by atoms with E-state index in [1.165, 1.54) is 25.3 Å². The number of nitrogens with zero attached hydrogens (tertiary/aromatic N) is 1. The lowest BCUT2D eigenvalue weighted by atomic mass is 9.53. The molecule has 7 nitrogen and oxygen atoms in total. The molecule has 0 radical (unpaired) electrons. The molecular weight excluding hydrogens is 356 g/mol. The van der Waals surface area contributed by atoms with Crippen molar-refractivity contribution in [1.82, 2.24) is 5.32 Å². The number of amides is 1. The van der Waals surface area contributed by atoms with Crippen molar-refractivity contribution >= 4 is 21.4 Å². The van der Waals surface area contributed by atoms with Gasteiger partial charge in [0.15, 0.2) is 9.84 Å². The highest BCUT2D eigenvalue weighted by atomic mass is 32.2. The normalized spacial score (nSPS) is 32.4. The lowest BCUT2D eigenvalue weighted by Crippen LogP contribution is -2.59. The number of benzene rings is 1. The number of nitrogens with one attached hydrogen (secondary N) is 1. The summed E-state index contributed by atoms with van der Waals surface area (Å²) in [6.07, 6.45) is 7.62. The lowest BCUT2D eigenvalue weighted by molar-refractivity contribution is -0.387. The van der Waals surface area contributed by atoms with Crippen LogP contribution in [-0.2, 0) is 9.84 Å². The van der Waals surface area contributed by atoms with E-state index >= 15 is 0 Å². The Bertz CT molecular complexity index is 858. The number of hydrogen-bond donors (Lipinski definition) is 1. The molecule has 1 amide bonds. The molecule has 1 aromatic carbocycles. The fourth-order valence-electron chi connectivity index (χ4n) is 5.69. The molecule has 4 fully saturated rings. The van der Waals surface area contributed by atoms with Gasteiger partial charge in [0.05, 0.1) is 4.92 Å². The molecule has 0 spiro atoms. The molecule has 0 aromatic heterocycles. The van der Waals surface area contributed by atoms with Crippen LogP contribution >= 0.6 is 0 Å². The first-order valence-electron chi connectivity index (χ1n) is 8.96. The molecule has 4 aliphatic rings. The minimum atomic E-state index is -3.74. The van der Waals surface area contributed by atoms with Crippen LogP contribution in [0.2, 0.25) is 0 Å². The second-order valence-electron chi connectivity index (χ2n) is 8.36. The third-order valence-corrected chi connectivity index (χ3v) is 7.38. The van der Waals surface area contributed by atoms with Crippen LogP contribution < -0.4 is 5.32 Å². The first kappa shape index (κ1) is 17.5. The van der Waals surface area contributed by atoms with Crippen LogP contribution in [-0.4, -0.2) is 31.0 Å². The first-order chi connectivity index (χ1) is 12.2. The molecule has 4 aliphatic carbocycles. The van der Waals surface area contributed by atoms with E-state index in [9.17, 15) is 23.3 Å². The molecule has 0 atom stereocenters. The van der Waals surface area contributed by atoms with Crippen LogP contribution in [0.15, 0.2) is 23.1 Å². The van der Waals surface area contributed by atoms with E-state index in [0.717, 1.165) is 37.7 Å². The predicted octanol–water partition coefficient (Wildman–Crippen LogP) is 2.70. The van der Waals surface area contributed by atoms with Gasteiger partial charge in [0.2, 0.25) is 0 Å². The average molecular weight is 378 g/mol. The van der Waals surface area contributed by atoms with Gasteiger partial charge in [-0.3, -0.25) is 14.9 Å². The second-order valence-corrected chi connectivity index (χ2v) is 10.3. The van der Waals surface area contributed by atoms with E-state index in [4.69, 9.17) is 0 Å². The standard InChI is InChI=1S/C18H22N2O5S/c1-26(24,25)16-3-2-14(7-15(16)20(22)23)17(21)19-18-8-11-4-12(9-18)6-13(5-11)10-18/h2-3,7,11-13H,4-6,8-10H2,1H3,(H,19,21).